The summed E-state index contributed by atoms with van der Waals surface area (Å²) in [6, 6.07) is 11.7. The van der Waals surface area contributed by atoms with Gasteiger partial charge in [-0.2, -0.15) is 0 Å². The number of rotatable bonds is 6. The SMILES string of the molecule is COc1cc(/C=C2\SC(=O)N(c3ccc(Br)cc3)C2=O)ccc1OCC(=O)O. The third kappa shape index (κ3) is 4.37. The van der Waals surface area contributed by atoms with Crippen molar-refractivity contribution < 1.29 is 29.0 Å². The summed E-state index contributed by atoms with van der Waals surface area (Å²) in [5, 5.41) is 8.33. The zero-order chi connectivity index (χ0) is 20.3. The number of halogens is 1. The smallest absolute Gasteiger partial charge is 0.341 e. The van der Waals surface area contributed by atoms with Crippen LogP contribution in [0.5, 0.6) is 11.5 Å². The van der Waals surface area contributed by atoms with Crippen molar-refractivity contribution in [1.82, 2.24) is 0 Å². The molecule has 0 unspecified atom stereocenters. The fraction of sp³-hybridized carbons (Fsp3) is 0.105. The van der Waals surface area contributed by atoms with Crippen molar-refractivity contribution in [3.63, 3.8) is 0 Å². The van der Waals surface area contributed by atoms with Gasteiger partial charge < -0.3 is 14.6 Å². The number of amides is 2. The third-order valence-corrected chi connectivity index (χ3v) is 5.11. The predicted octanol–water partition coefficient (Wildman–Crippen LogP) is 4.16. The summed E-state index contributed by atoms with van der Waals surface area (Å²) in [5.74, 6) is -0.928. The molecule has 1 aliphatic rings. The highest BCUT2D eigenvalue weighted by molar-refractivity contribution is 9.10. The van der Waals surface area contributed by atoms with E-state index in [1.165, 1.54) is 7.11 Å². The van der Waals surface area contributed by atoms with Gasteiger partial charge >= 0.3 is 5.97 Å². The molecule has 0 aromatic heterocycles. The van der Waals surface area contributed by atoms with Gasteiger partial charge in [0.25, 0.3) is 11.1 Å². The van der Waals surface area contributed by atoms with E-state index in [-0.39, 0.29) is 15.9 Å². The van der Waals surface area contributed by atoms with Crippen molar-refractivity contribution in [1.29, 1.82) is 0 Å². The summed E-state index contributed by atoms with van der Waals surface area (Å²) < 4.78 is 11.2. The minimum atomic E-state index is -1.10. The second-order valence-corrected chi connectivity index (χ2v) is 7.50. The van der Waals surface area contributed by atoms with Gasteiger partial charge in [0.1, 0.15) is 0 Å². The van der Waals surface area contributed by atoms with E-state index in [2.05, 4.69) is 15.9 Å². The average molecular weight is 464 g/mol. The Morgan fingerprint density at radius 2 is 1.89 bits per heavy atom. The summed E-state index contributed by atoms with van der Waals surface area (Å²) in [6.07, 6.45) is 1.58. The van der Waals surface area contributed by atoms with Gasteiger partial charge in [0.15, 0.2) is 18.1 Å². The lowest BCUT2D eigenvalue weighted by atomic mass is 10.2. The molecule has 1 N–H and O–H groups in total. The van der Waals surface area contributed by atoms with Crippen LogP contribution >= 0.6 is 27.7 Å². The highest BCUT2D eigenvalue weighted by atomic mass is 79.9. The zero-order valence-electron chi connectivity index (χ0n) is 14.5. The number of carbonyl (C=O) groups excluding carboxylic acids is 2. The Morgan fingerprint density at radius 1 is 1.18 bits per heavy atom. The number of benzene rings is 2. The minimum Gasteiger partial charge on any atom is -0.493 e. The standard InChI is InChI=1S/C19H14BrNO6S/c1-26-15-8-11(2-7-14(15)27-10-17(22)23)9-16-18(24)21(19(25)28-16)13-5-3-12(20)4-6-13/h2-9H,10H2,1H3,(H,22,23)/b16-9-. The van der Waals surface area contributed by atoms with Gasteiger partial charge in [-0.3, -0.25) is 9.59 Å². The molecule has 2 aromatic rings. The fourth-order valence-electron chi connectivity index (χ4n) is 2.46. The molecule has 1 heterocycles. The number of imide groups is 1. The Morgan fingerprint density at radius 3 is 2.54 bits per heavy atom. The molecule has 0 spiro atoms. The van der Waals surface area contributed by atoms with E-state index in [0.717, 1.165) is 21.1 Å². The molecule has 0 atom stereocenters. The maximum absolute atomic E-state index is 12.7. The number of nitrogens with zero attached hydrogens (tertiary/aromatic N) is 1. The van der Waals surface area contributed by atoms with Gasteiger partial charge in [-0.15, -0.1) is 0 Å². The normalized spacial score (nSPS) is 15.2. The summed E-state index contributed by atoms with van der Waals surface area (Å²) >= 11 is 4.16. The number of thioether (sulfide) groups is 1. The Labute approximate surface area is 173 Å². The molecule has 0 radical (unpaired) electrons. The number of methoxy groups -OCH3 is 1. The van der Waals surface area contributed by atoms with Crippen molar-refractivity contribution in [3.8, 4) is 11.5 Å². The van der Waals surface area contributed by atoms with Crippen molar-refractivity contribution in [2.24, 2.45) is 0 Å². The second-order valence-electron chi connectivity index (χ2n) is 5.59. The van der Waals surface area contributed by atoms with Gasteiger partial charge in [-0.1, -0.05) is 22.0 Å². The molecule has 9 heteroatoms. The molecular weight excluding hydrogens is 450 g/mol. The van der Waals surface area contributed by atoms with Crippen LogP contribution in [-0.2, 0) is 9.59 Å². The van der Waals surface area contributed by atoms with E-state index in [4.69, 9.17) is 14.6 Å². The van der Waals surface area contributed by atoms with Crippen LogP contribution in [0.25, 0.3) is 6.08 Å². The topological polar surface area (TPSA) is 93.1 Å². The highest BCUT2D eigenvalue weighted by Gasteiger charge is 2.36. The zero-order valence-corrected chi connectivity index (χ0v) is 17.0. The number of hydrogen-bond donors (Lipinski definition) is 1. The molecule has 1 saturated heterocycles. The van der Waals surface area contributed by atoms with E-state index < -0.39 is 18.5 Å². The second kappa shape index (κ2) is 8.49. The van der Waals surface area contributed by atoms with E-state index >= 15 is 0 Å². The maximum atomic E-state index is 12.7. The number of ether oxygens (including phenoxy) is 2. The Bertz CT molecular complexity index is 973. The first-order valence-corrected chi connectivity index (χ1v) is 9.56. The van der Waals surface area contributed by atoms with Crippen LogP contribution < -0.4 is 14.4 Å². The number of carboxylic acid groups (broad SMARTS) is 1. The van der Waals surface area contributed by atoms with Gasteiger partial charge in [0.05, 0.1) is 17.7 Å². The van der Waals surface area contributed by atoms with Crippen molar-refractivity contribution in [3.05, 3.63) is 57.4 Å². The van der Waals surface area contributed by atoms with Gasteiger partial charge in [-0.05, 0) is 59.8 Å². The monoisotopic (exact) mass is 463 g/mol. The summed E-state index contributed by atoms with van der Waals surface area (Å²) in [6.45, 7) is -0.498. The van der Waals surface area contributed by atoms with Crippen LogP contribution in [-0.4, -0.2) is 35.9 Å². The van der Waals surface area contributed by atoms with Crippen molar-refractivity contribution in [2.45, 2.75) is 0 Å². The molecule has 28 heavy (non-hydrogen) atoms. The van der Waals surface area contributed by atoms with E-state index in [9.17, 15) is 14.4 Å². The van der Waals surface area contributed by atoms with Crippen LogP contribution in [0.1, 0.15) is 5.56 Å². The predicted molar refractivity (Wildman–Crippen MR) is 109 cm³/mol. The fourth-order valence-corrected chi connectivity index (χ4v) is 3.57. The van der Waals surface area contributed by atoms with Crippen LogP contribution in [0.3, 0.4) is 0 Å². The first-order valence-electron chi connectivity index (χ1n) is 7.95. The highest BCUT2D eigenvalue weighted by Crippen LogP contribution is 2.37. The summed E-state index contributed by atoms with van der Waals surface area (Å²) in [5.41, 5.74) is 1.10. The molecule has 1 fully saturated rings. The number of aliphatic carboxylic acids is 1. The van der Waals surface area contributed by atoms with Crippen LogP contribution in [0.15, 0.2) is 51.8 Å². The molecule has 0 saturated carbocycles. The molecule has 2 aromatic carbocycles. The lowest BCUT2D eigenvalue weighted by molar-refractivity contribution is -0.139. The van der Waals surface area contributed by atoms with E-state index in [0.29, 0.717) is 17.0 Å². The van der Waals surface area contributed by atoms with Crippen LogP contribution in [0, 0.1) is 0 Å². The lowest BCUT2D eigenvalue weighted by Crippen LogP contribution is -2.27. The summed E-state index contributed by atoms with van der Waals surface area (Å²) in [7, 11) is 1.42. The average Bonchev–Trinajstić information content (AvgIpc) is 2.94. The Balaban J connectivity index is 1.85. The molecular formula is C19H14BrNO6S. The van der Waals surface area contributed by atoms with E-state index in [1.54, 1.807) is 48.5 Å². The molecule has 1 aliphatic heterocycles. The van der Waals surface area contributed by atoms with Crippen molar-refractivity contribution >= 4 is 56.6 Å². The van der Waals surface area contributed by atoms with Gasteiger partial charge in [0, 0.05) is 4.47 Å². The molecule has 0 aliphatic carbocycles. The number of carboxylic acids is 1. The molecule has 7 nitrogen and oxygen atoms in total. The Kier molecular flexibility index (Phi) is 6.05. The quantitative estimate of drug-likeness (QED) is 0.642. The van der Waals surface area contributed by atoms with Crippen LogP contribution in [0.4, 0.5) is 10.5 Å². The molecule has 2 amide bonds. The van der Waals surface area contributed by atoms with E-state index in [1.807, 2.05) is 0 Å². The summed E-state index contributed by atoms with van der Waals surface area (Å²) in [4.78, 5) is 37.0. The maximum Gasteiger partial charge on any atom is 0.341 e. The first kappa shape index (κ1) is 20.0. The molecule has 3 rings (SSSR count). The largest absolute Gasteiger partial charge is 0.493 e. The van der Waals surface area contributed by atoms with Crippen LogP contribution in [0.2, 0.25) is 0 Å². The van der Waals surface area contributed by atoms with Crippen molar-refractivity contribution in [2.75, 3.05) is 18.6 Å². The third-order valence-electron chi connectivity index (χ3n) is 3.72. The number of hydrogen-bond acceptors (Lipinski definition) is 6. The Hall–Kier alpha value is -2.78. The number of carbonyl (C=O) groups is 3. The van der Waals surface area contributed by atoms with Gasteiger partial charge in [0.2, 0.25) is 0 Å². The minimum absolute atomic E-state index is 0.269. The van der Waals surface area contributed by atoms with Gasteiger partial charge in [-0.25, -0.2) is 9.69 Å². The molecule has 0 bridgehead atoms. The molecule has 144 valence electrons. The lowest BCUT2D eigenvalue weighted by Gasteiger charge is -2.12. The number of anilines is 1. The first-order chi connectivity index (χ1) is 13.4.